The van der Waals surface area contributed by atoms with Crippen molar-refractivity contribution in [3.63, 3.8) is 0 Å². The van der Waals surface area contributed by atoms with Gasteiger partial charge in [-0.25, -0.2) is 0 Å². The largest absolute Gasteiger partial charge is 0.0622 e. The molecule has 0 saturated heterocycles. The molecular formula is C33H58. The predicted octanol–water partition coefficient (Wildman–Crippen LogP) is 10.0. The molecule has 0 spiro atoms. The Morgan fingerprint density at radius 3 is 1.73 bits per heavy atom. The summed E-state index contributed by atoms with van der Waals surface area (Å²) in [5.41, 5.74) is 3.15. The Labute approximate surface area is 207 Å². The summed E-state index contributed by atoms with van der Waals surface area (Å²) in [6.45, 7) is 29.5. The molecule has 190 valence electrons. The molecule has 5 rings (SSSR count). The van der Waals surface area contributed by atoms with E-state index in [0.717, 1.165) is 41.4 Å². The van der Waals surface area contributed by atoms with Crippen molar-refractivity contribution in [1.82, 2.24) is 0 Å². The zero-order chi connectivity index (χ0) is 24.4. The van der Waals surface area contributed by atoms with Crippen molar-refractivity contribution in [2.45, 2.75) is 134 Å². The molecule has 5 aliphatic rings. The molecule has 11 atom stereocenters. The molecule has 0 amide bonds. The average molecular weight is 455 g/mol. The van der Waals surface area contributed by atoms with E-state index in [2.05, 4.69) is 76.2 Å². The van der Waals surface area contributed by atoms with Gasteiger partial charge in [0.05, 0.1) is 0 Å². The molecule has 5 aliphatic carbocycles. The van der Waals surface area contributed by atoms with Crippen LogP contribution in [0.25, 0.3) is 0 Å². The van der Waals surface area contributed by atoms with Crippen LogP contribution in [0.5, 0.6) is 0 Å². The first-order chi connectivity index (χ1) is 15.1. The van der Waals surface area contributed by atoms with E-state index in [9.17, 15) is 0 Å². The lowest BCUT2D eigenvalue weighted by molar-refractivity contribution is -0.233. The second-order valence-corrected chi connectivity index (χ2v) is 16.8. The van der Waals surface area contributed by atoms with Crippen LogP contribution in [0.1, 0.15) is 134 Å². The fourth-order valence-corrected chi connectivity index (χ4v) is 12.9. The van der Waals surface area contributed by atoms with Gasteiger partial charge in [-0.1, -0.05) is 76.2 Å². The Kier molecular flexibility index (Phi) is 5.28. The van der Waals surface area contributed by atoms with Gasteiger partial charge in [-0.15, -0.1) is 0 Å². The van der Waals surface area contributed by atoms with Gasteiger partial charge in [0, 0.05) is 0 Å². The number of hydrogen-bond acceptors (Lipinski definition) is 0. The molecule has 0 N–H and O–H groups in total. The second-order valence-electron chi connectivity index (χ2n) is 16.8. The average Bonchev–Trinajstić information content (AvgIpc) is 3.16. The monoisotopic (exact) mass is 454 g/mol. The van der Waals surface area contributed by atoms with Crippen LogP contribution in [0.4, 0.5) is 0 Å². The summed E-state index contributed by atoms with van der Waals surface area (Å²) in [5.74, 6) is 6.31. The van der Waals surface area contributed by atoms with E-state index >= 15 is 0 Å². The Morgan fingerprint density at radius 1 is 0.545 bits per heavy atom. The summed E-state index contributed by atoms with van der Waals surface area (Å²) in [5, 5.41) is 0. The molecule has 33 heavy (non-hydrogen) atoms. The molecule has 0 heterocycles. The predicted molar refractivity (Wildman–Crippen MR) is 143 cm³/mol. The first-order valence-electron chi connectivity index (χ1n) is 15.1. The topological polar surface area (TPSA) is 0 Å². The van der Waals surface area contributed by atoms with E-state index in [4.69, 9.17) is 0 Å². The minimum Gasteiger partial charge on any atom is -0.0622 e. The summed E-state index contributed by atoms with van der Waals surface area (Å²) < 4.78 is 0. The van der Waals surface area contributed by atoms with Gasteiger partial charge in [-0.2, -0.15) is 0 Å². The second kappa shape index (κ2) is 7.06. The minimum absolute atomic E-state index is 0.503. The first kappa shape index (κ1) is 24.7. The first-order valence-corrected chi connectivity index (χ1v) is 15.1. The molecule has 0 aromatic rings. The molecule has 0 aromatic heterocycles. The molecular weight excluding hydrogens is 396 g/mol. The van der Waals surface area contributed by atoms with Crippen molar-refractivity contribution in [3.05, 3.63) is 0 Å². The lowest BCUT2D eigenvalue weighted by atomic mass is 9.33. The van der Waals surface area contributed by atoms with E-state index in [1.54, 1.807) is 0 Å². The van der Waals surface area contributed by atoms with E-state index in [-0.39, 0.29) is 0 Å². The third-order valence-electron chi connectivity index (χ3n) is 15.5. The highest BCUT2D eigenvalue weighted by Gasteiger charge is 2.73. The maximum Gasteiger partial charge on any atom is -0.0233 e. The third kappa shape index (κ3) is 2.82. The molecule has 11 unspecified atom stereocenters. The molecule has 0 bridgehead atoms. The summed E-state index contributed by atoms with van der Waals surface area (Å²) >= 11 is 0. The quantitative estimate of drug-likeness (QED) is 0.369. The fraction of sp³-hybridized carbons (Fsp3) is 1.00. The number of fused-ring (bicyclic) bond motifs is 5. The Hall–Kier alpha value is 0. The van der Waals surface area contributed by atoms with Crippen LogP contribution in [-0.4, -0.2) is 0 Å². The van der Waals surface area contributed by atoms with E-state index in [1.165, 1.54) is 57.8 Å². The van der Waals surface area contributed by atoms with Crippen LogP contribution in [0.15, 0.2) is 0 Å². The summed E-state index contributed by atoms with van der Waals surface area (Å²) in [6.07, 6.45) is 13.3. The van der Waals surface area contributed by atoms with E-state index < -0.39 is 0 Å². The van der Waals surface area contributed by atoms with Gasteiger partial charge < -0.3 is 0 Å². The summed E-state index contributed by atoms with van der Waals surface area (Å²) in [4.78, 5) is 0. The van der Waals surface area contributed by atoms with Gasteiger partial charge in [0.2, 0.25) is 0 Å². The van der Waals surface area contributed by atoms with Crippen molar-refractivity contribution in [2.75, 3.05) is 0 Å². The minimum atomic E-state index is 0.503. The van der Waals surface area contributed by atoms with E-state index in [0.29, 0.717) is 32.5 Å². The van der Waals surface area contributed by atoms with Crippen LogP contribution in [0.2, 0.25) is 0 Å². The smallest absolute Gasteiger partial charge is 0.0233 e. The molecule has 0 heteroatoms. The number of hydrogen-bond donors (Lipinski definition) is 0. The lowest BCUT2D eigenvalue weighted by Gasteiger charge is -2.72. The van der Waals surface area contributed by atoms with Crippen molar-refractivity contribution in [2.24, 2.45) is 73.9 Å². The highest BCUT2D eigenvalue weighted by Crippen LogP contribution is 2.80. The molecule has 0 radical (unpaired) electrons. The summed E-state index contributed by atoms with van der Waals surface area (Å²) in [7, 11) is 0. The lowest BCUT2D eigenvalue weighted by Crippen LogP contribution is -2.65. The van der Waals surface area contributed by atoms with Crippen LogP contribution in [0.3, 0.4) is 0 Å². The van der Waals surface area contributed by atoms with Gasteiger partial charge >= 0.3 is 0 Å². The molecule has 0 aromatic carbocycles. The Morgan fingerprint density at radius 2 is 1.12 bits per heavy atom. The molecule has 5 fully saturated rings. The Balaban J connectivity index is 1.55. The van der Waals surface area contributed by atoms with Crippen molar-refractivity contribution in [1.29, 1.82) is 0 Å². The molecule has 0 aliphatic heterocycles. The maximum atomic E-state index is 2.82. The molecule has 0 nitrogen and oxygen atoms in total. The highest BCUT2D eigenvalue weighted by atomic mass is 14.8. The van der Waals surface area contributed by atoms with Gasteiger partial charge in [0.1, 0.15) is 0 Å². The van der Waals surface area contributed by atoms with Crippen LogP contribution in [0, 0.1) is 73.9 Å². The summed E-state index contributed by atoms with van der Waals surface area (Å²) in [6, 6.07) is 0. The zero-order valence-electron chi connectivity index (χ0n) is 24.4. The van der Waals surface area contributed by atoms with Crippen LogP contribution in [-0.2, 0) is 0 Å². The Bertz CT molecular complexity index is 782. The van der Waals surface area contributed by atoms with Gasteiger partial charge in [-0.05, 0) is 132 Å². The van der Waals surface area contributed by atoms with E-state index in [1.807, 2.05) is 0 Å². The maximum absolute atomic E-state index is 2.82. The van der Waals surface area contributed by atoms with Crippen molar-refractivity contribution < 1.29 is 0 Å². The molecule has 5 saturated carbocycles. The SMILES string of the molecule is CC1CC(C)(C2(C)CCC3(C)C2C(C)CC2C4(C)CCC(C)C(C)(C)C4CCC23C)CC1C. The highest BCUT2D eigenvalue weighted by molar-refractivity contribution is 5.21. The van der Waals surface area contributed by atoms with Crippen molar-refractivity contribution in [3.8, 4) is 0 Å². The standard InChI is InChI=1S/C33H58/c1-21-18-26-30(8)14-12-24(4)28(5,6)25(30)13-15-31(26,9)33(11)17-16-32(10,27(21)33)29(7)19-22(2)23(3)20-29/h21-27H,12-20H2,1-11H3. The van der Waals surface area contributed by atoms with Crippen LogP contribution < -0.4 is 0 Å². The van der Waals surface area contributed by atoms with Gasteiger partial charge in [0.25, 0.3) is 0 Å². The normalized spacial score (nSPS) is 62.5. The fourth-order valence-electron chi connectivity index (χ4n) is 12.9. The van der Waals surface area contributed by atoms with Crippen LogP contribution >= 0.6 is 0 Å². The van der Waals surface area contributed by atoms with Gasteiger partial charge in [0.15, 0.2) is 0 Å². The zero-order valence-corrected chi connectivity index (χ0v) is 24.4. The van der Waals surface area contributed by atoms with Gasteiger partial charge in [-0.3, -0.25) is 0 Å². The van der Waals surface area contributed by atoms with Crippen molar-refractivity contribution >= 4 is 0 Å². The third-order valence-corrected chi connectivity index (χ3v) is 15.5. The number of rotatable bonds is 1.